The van der Waals surface area contributed by atoms with Crippen LogP contribution in [-0.2, 0) is 10.2 Å². The molecule has 0 amide bonds. The van der Waals surface area contributed by atoms with E-state index in [1.54, 1.807) is 17.4 Å². The number of nitrogens with zero attached hydrogens (tertiary/aromatic N) is 2. The van der Waals surface area contributed by atoms with E-state index in [0.29, 0.717) is 25.6 Å². The molecular formula is C12H25N3O2S. The normalized spacial score (nSPS) is 22.3. The minimum Gasteiger partial charge on any atom is -0.317 e. The fourth-order valence-corrected chi connectivity index (χ4v) is 3.67. The van der Waals surface area contributed by atoms with Gasteiger partial charge in [0.25, 0.3) is 10.2 Å². The minimum atomic E-state index is -3.31. The van der Waals surface area contributed by atoms with Gasteiger partial charge in [-0.25, -0.2) is 0 Å². The van der Waals surface area contributed by atoms with Crippen molar-refractivity contribution < 1.29 is 8.42 Å². The molecule has 1 unspecified atom stereocenters. The lowest BCUT2D eigenvalue weighted by Crippen LogP contribution is -2.48. The Labute approximate surface area is 111 Å². The van der Waals surface area contributed by atoms with Crippen molar-refractivity contribution in [2.24, 2.45) is 5.92 Å². The van der Waals surface area contributed by atoms with E-state index in [0.717, 1.165) is 25.9 Å². The zero-order valence-corrected chi connectivity index (χ0v) is 12.2. The summed E-state index contributed by atoms with van der Waals surface area (Å²) in [5, 5.41) is 3.29. The second-order valence-electron chi connectivity index (χ2n) is 4.75. The van der Waals surface area contributed by atoms with Crippen molar-refractivity contribution in [2.75, 3.05) is 39.8 Å². The number of nitrogens with one attached hydrogen (secondary N) is 1. The molecule has 1 saturated heterocycles. The third kappa shape index (κ3) is 4.05. The summed E-state index contributed by atoms with van der Waals surface area (Å²) in [5.74, 6) is 0.422. The van der Waals surface area contributed by atoms with Gasteiger partial charge >= 0.3 is 0 Å². The van der Waals surface area contributed by atoms with Crippen LogP contribution >= 0.6 is 0 Å². The molecule has 18 heavy (non-hydrogen) atoms. The van der Waals surface area contributed by atoms with Crippen LogP contribution in [0, 0.1) is 5.92 Å². The quantitative estimate of drug-likeness (QED) is 0.695. The first kappa shape index (κ1) is 15.6. The molecule has 0 aliphatic carbocycles. The average molecular weight is 275 g/mol. The first-order valence-corrected chi connectivity index (χ1v) is 7.95. The Bertz CT molecular complexity index is 356. The van der Waals surface area contributed by atoms with Crippen molar-refractivity contribution in [2.45, 2.75) is 19.8 Å². The van der Waals surface area contributed by atoms with Gasteiger partial charge in [0.15, 0.2) is 0 Å². The smallest absolute Gasteiger partial charge is 0.282 e. The van der Waals surface area contributed by atoms with E-state index in [9.17, 15) is 8.42 Å². The third-order valence-electron chi connectivity index (χ3n) is 3.27. The van der Waals surface area contributed by atoms with Crippen molar-refractivity contribution in [1.29, 1.82) is 0 Å². The van der Waals surface area contributed by atoms with Gasteiger partial charge in [-0.2, -0.15) is 17.0 Å². The van der Waals surface area contributed by atoms with E-state index in [2.05, 4.69) is 18.8 Å². The standard InChI is InChI=1S/C12H25N3O2S/c1-4-8-14(3)18(16,17)15-9-6-7-12(11-15)10-13-5-2/h4,12-13H,1,5-11H2,2-3H3. The molecule has 0 saturated carbocycles. The highest BCUT2D eigenvalue weighted by atomic mass is 32.2. The molecule has 0 bridgehead atoms. The van der Waals surface area contributed by atoms with Gasteiger partial charge in [-0.3, -0.25) is 0 Å². The van der Waals surface area contributed by atoms with Crippen molar-refractivity contribution in [3.8, 4) is 0 Å². The molecule has 0 radical (unpaired) electrons. The Morgan fingerprint density at radius 2 is 2.28 bits per heavy atom. The van der Waals surface area contributed by atoms with E-state index in [1.807, 2.05) is 0 Å². The van der Waals surface area contributed by atoms with Gasteiger partial charge in [0.1, 0.15) is 0 Å². The van der Waals surface area contributed by atoms with Gasteiger partial charge in [-0.1, -0.05) is 13.0 Å². The molecule has 0 spiro atoms. The van der Waals surface area contributed by atoms with Gasteiger partial charge in [-0.05, 0) is 31.8 Å². The Hall–Kier alpha value is -0.430. The van der Waals surface area contributed by atoms with Crippen molar-refractivity contribution in [3.63, 3.8) is 0 Å². The number of hydrogen-bond acceptors (Lipinski definition) is 3. The van der Waals surface area contributed by atoms with E-state index in [-0.39, 0.29) is 0 Å². The molecule has 6 heteroatoms. The summed E-state index contributed by atoms with van der Waals surface area (Å²) in [5.41, 5.74) is 0. The van der Waals surface area contributed by atoms with Gasteiger partial charge in [-0.15, -0.1) is 6.58 Å². The summed E-state index contributed by atoms with van der Waals surface area (Å²) in [7, 11) is -1.71. The van der Waals surface area contributed by atoms with Crippen LogP contribution in [0.4, 0.5) is 0 Å². The lowest BCUT2D eigenvalue weighted by molar-refractivity contribution is 0.249. The second kappa shape index (κ2) is 7.23. The molecule has 0 aromatic rings. The predicted molar refractivity (Wildman–Crippen MR) is 74.6 cm³/mol. The molecule has 1 rings (SSSR count). The monoisotopic (exact) mass is 275 g/mol. The Kier molecular flexibility index (Phi) is 6.28. The fraction of sp³-hybridized carbons (Fsp3) is 0.833. The molecule has 0 aromatic heterocycles. The molecule has 0 aromatic carbocycles. The number of hydrogen-bond donors (Lipinski definition) is 1. The largest absolute Gasteiger partial charge is 0.317 e. The maximum Gasteiger partial charge on any atom is 0.282 e. The Morgan fingerprint density at radius 3 is 2.89 bits per heavy atom. The van der Waals surface area contributed by atoms with Gasteiger partial charge in [0, 0.05) is 26.7 Å². The predicted octanol–water partition coefficient (Wildman–Crippen LogP) is 0.671. The van der Waals surface area contributed by atoms with Crippen molar-refractivity contribution in [1.82, 2.24) is 13.9 Å². The summed E-state index contributed by atoms with van der Waals surface area (Å²) >= 11 is 0. The molecule has 1 aliphatic rings. The molecule has 5 nitrogen and oxygen atoms in total. The van der Waals surface area contributed by atoms with Crippen LogP contribution in [0.1, 0.15) is 19.8 Å². The van der Waals surface area contributed by atoms with Crippen LogP contribution in [0.25, 0.3) is 0 Å². The molecule has 1 atom stereocenters. The lowest BCUT2D eigenvalue weighted by atomic mass is 10.00. The Morgan fingerprint density at radius 1 is 1.56 bits per heavy atom. The maximum absolute atomic E-state index is 12.3. The van der Waals surface area contributed by atoms with E-state index >= 15 is 0 Å². The van der Waals surface area contributed by atoms with Crippen LogP contribution in [0.3, 0.4) is 0 Å². The van der Waals surface area contributed by atoms with Crippen LogP contribution < -0.4 is 5.32 Å². The average Bonchev–Trinajstić information content (AvgIpc) is 2.37. The summed E-state index contributed by atoms with van der Waals surface area (Å²) in [4.78, 5) is 0. The highest BCUT2D eigenvalue weighted by Crippen LogP contribution is 2.20. The number of rotatable bonds is 7. The fourth-order valence-electron chi connectivity index (χ4n) is 2.22. The van der Waals surface area contributed by atoms with Gasteiger partial charge in [0.2, 0.25) is 0 Å². The zero-order chi connectivity index (χ0) is 13.6. The summed E-state index contributed by atoms with van der Waals surface area (Å²) < 4.78 is 27.5. The number of piperidine rings is 1. The van der Waals surface area contributed by atoms with Crippen LogP contribution in [0.5, 0.6) is 0 Å². The first-order chi connectivity index (χ1) is 8.52. The number of likely N-dealkylation sites (N-methyl/N-ethyl adjacent to an activating group) is 1. The third-order valence-corrected chi connectivity index (χ3v) is 5.19. The first-order valence-electron chi connectivity index (χ1n) is 6.55. The van der Waals surface area contributed by atoms with E-state index < -0.39 is 10.2 Å². The SMILES string of the molecule is C=CCN(C)S(=O)(=O)N1CCCC(CNCC)C1. The zero-order valence-electron chi connectivity index (χ0n) is 11.4. The summed E-state index contributed by atoms with van der Waals surface area (Å²) in [6.45, 7) is 9.08. The van der Waals surface area contributed by atoms with Gasteiger partial charge in [0.05, 0.1) is 0 Å². The second-order valence-corrected chi connectivity index (χ2v) is 6.79. The van der Waals surface area contributed by atoms with Crippen LogP contribution in [-0.4, -0.2) is 56.8 Å². The lowest BCUT2D eigenvalue weighted by Gasteiger charge is -2.34. The highest BCUT2D eigenvalue weighted by molar-refractivity contribution is 7.86. The minimum absolute atomic E-state index is 0.358. The molecule has 106 valence electrons. The molecule has 1 N–H and O–H groups in total. The maximum atomic E-state index is 12.3. The molecular weight excluding hydrogens is 250 g/mol. The van der Waals surface area contributed by atoms with Crippen molar-refractivity contribution >= 4 is 10.2 Å². The van der Waals surface area contributed by atoms with E-state index in [4.69, 9.17) is 0 Å². The molecule has 1 heterocycles. The van der Waals surface area contributed by atoms with Crippen LogP contribution in [0.2, 0.25) is 0 Å². The molecule has 1 fully saturated rings. The highest BCUT2D eigenvalue weighted by Gasteiger charge is 2.31. The van der Waals surface area contributed by atoms with Gasteiger partial charge < -0.3 is 5.32 Å². The topological polar surface area (TPSA) is 52.7 Å². The van der Waals surface area contributed by atoms with Crippen LogP contribution in [0.15, 0.2) is 12.7 Å². The Balaban J connectivity index is 2.62. The van der Waals surface area contributed by atoms with E-state index in [1.165, 1.54) is 4.31 Å². The summed E-state index contributed by atoms with van der Waals surface area (Å²) in [6, 6.07) is 0. The molecule has 1 aliphatic heterocycles. The van der Waals surface area contributed by atoms with Crippen molar-refractivity contribution in [3.05, 3.63) is 12.7 Å². The summed E-state index contributed by atoms with van der Waals surface area (Å²) in [6.07, 6.45) is 3.65.